The largest absolute Gasteiger partial charge is 0.484 e. The number of aromatic amines is 1. The third-order valence-corrected chi connectivity index (χ3v) is 3.70. The molecule has 0 unspecified atom stereocenters. The third kappa shape index (κ3) is 3.89. The van der Waals surface area contributed by atoms with Gasteiger partial charge in [-0.25, -0.2) is 4.79 Å². The molecule has 0 bridgehead atoms. The van der Waals surface area contributed by atoms with Crippen molar-refractivity contribution in [3.05, 3.63) is 65.9 Å². The highest BCUT2D eigenvalue weighted by Gasteiger charge is 2.15. The van der Waals surface area contributed by atoms with Gasteiger partial charge < -0.3 is 20.2 Å². The molecule has 1 amide bonds. The van der Waals surface area contributed by atoms with Crippen LogP contribution >= 0.6 is 0 Å². The molecule has 7 heteroatoms. The summed E-state index contributed by atoms with van der Waals surface area (Å²) in [6, 6.07) is 13.4. The first-order chi connectivity index (χ1) is 12.5. The average Bonchev–Trinajstić information content (AvgIpc) is 3.09. The summed E-state index contributed by atoms with van der Waals surface area (Å²) in [5, 5.41) is 0.782. The number of esters is 1. The third-order valence-electron chi connectivity index (χ3n) is 3.70. The molecule has 132 valence electrons. The molecule has 0 saturated heterocycles. The van der Waals surface area contributed by atoms with Gasteiger partial charge in [0.2, 0.25) is 5.78 Å². The van der Waals surface area contributed by atoms with Crippen molar-refractivity contribution in [1.82, 2.24) is 4.98 Å². The van der Waals surface area contributed by atoms with Crippen molar-refractivity contribution in [3.8, 4) is 5.75 Å². The first kappa shape index (κ1) is 17.2. The fraction of sp³-hybridized carbons (Fsp3) is 0.105. The number of Topliss-reactive ketones (excluding diaryl/α,β-unsaturated/α-hetero) is 1. The second kappa shape index (κ2) is 7.52. The van der Waals surface area contributed by atoms with Gasteiger partial charge in [-0.05, 0) is 30.3 Å². The van der Waals surface area contributed by atoms with Crippen LogP contribution in [0.1, 0.15) is 20.7 Å². The molecule has 3 N–H and O–H groups in total. The molecule has 1 heterocycles. The van der Waals surface area contributed by atoms with Gasteiger partial charge in [0.05, 0.1) is 5.56 Å². The number of ketones is 1. The van der Waals surface area contributed by atoms with E-state index in [1.165, 1.54) is 24.3 Å². The Morgan fingerprint density at radius 3 is 2.42 bits per heavy atom. The molecule has 0 aliphatic heterocycles. The van der Waals surface area contributed by atoms with E-state index in [2.05, 4.69) is 4.98 Å². The normalized spacial score (nSPS) is 10.5. The lowest BCUT2D eigenvalue weighted by Gasteiger charge is -2.06. The summed E-state index contributed by atoms with van der Waals surface area (Å²) in [5.74, 6) is -1.11. The highest BCUT2D eigenvalue weighted by molar-refractivity contribution is 6.09. The Kier molecular flexibility index (Phi) is 4.98. The van der Waals surface area contributed by atoms with E-state index in [0.29, 0.717) is 11.3 Å². The first-order valence-corrected chi connectivity index (χ1v) is 7.82. The second-order valence-corrected chi connectivity index (χ2v) is 5.53. The van der Waals surface area contributed by atoms with E-state index in [1.807, 2.05) is 24.3 Å². The molecule has 7 nitrogen and oxygen atoms in total. The van der Waals surface area contributed by atoms with Gasteiger partial charge in [-0.3, -0.25) is 9.59 Å². The summed E-state index contributed by atoms with van der Waals surface area (Å²) in [4.78, 5) is 38.0. The molecule has 0 atom stereocenters. The van der Waals surface area contributed by atoms with Crippen LogP contribution in [0.5, 0.6) is 5.75 Å². The topological polar surface area (TPSA) is 111 Å². The van der Waals surface area contributed by atoms with Gasteiger partial charge in [-0.1, -0.05) is 18.2 Å². The number of carbonyl (C=O) groups is 3. The van der Waals surface area contributed by atoms with Gasteiger partial charge in [-0.15, -0.1) is 0 Å². The van der Waals surface area contributed by atoms with E-state index in [0.717, 1.165) is 10.9 Å². The summed E-state index contributed by atoms with van der Waals surface area (Å²) in [6.45, 7) is -0.608. The number of fused-ring (bicyclic) bond motifs is 1. The number of nitrogens with two attached hydrogens (primary N) is 1. The van der Waals surface area contributed by atoms with Gasteiger partial charge in [0.25, 0.3) is 5.91 Å². The molecular weight excluding hydrogens is 336 g/mol. The first-order valence-electron chi connectivity index (χ1n) is 7.82. The quantitative estimate of drug-likeness (QED) is 0.499. The van der Waals surface area contributed by atoms with Crippen molar-refractivity contribution < 1.29 is 23.9 Å². The van der Waals surface area contributed by atoms with Crippen molar-refractivity contribution in [2.24, 2.45) is 5.73 Å². The van der Waals surface area contributed by atoms with E-state index >= 15 is 0 Å². The van der Waals surface area contributed by atoms with Crippen LogP contribution in [0.4, 0.5) is 0 Å². The summed E-state index contributed by atoms with van der Waals surface area (Å²) in [5.41, 5.74) is 6.57. The smallest absolute Gasteiger partial charge is 0.338 e. The minimum atomic E-state index is -0.625. The lowest BCUT2D eigenvalue weighted by Crippen LogP contribution is -2.20. The molecule has 0 radical (unpaired) electrons. The highest BCUT2D eigenvalue weighted by Crippen LogP contribution is 2.18. The number of aromatic nitrogens is 1. The van der Waals surface area contributed by atoms with E-state index in [1.54, 1.807) is 6.20 Å². The number of hydrogen-bond acceptors (Lipinski definition) is 5. The number of hydrogen-bond donors (Lipinski definition) is 2. The molecule has 3 rings (SSSR count). The number of benzene rings is 2. The Morgan fingerprint density at radius 1 is 0.962 bits per heavy atom. The Bertz CT molecular complexity index is 959. The number of ether oxygens (including phenoxy) is 2. The predicted molar refractivity (Wildman–Crippen MR) is 94.0 cm³/mol. The SMILES string of the molecule is NC(=O)COc1ccc(C(=O)OCC(=O)c2c[nH]c3ccccc23)cc1. The van der Waals surface area contributed by atoms with Crippen LogP contribution in [0.3, 0.4) is 0 Å². The highest BCUT2D eigenvalue weighted by atomic mass is 16.5. The van der Waals surface area contributed by atoms with Crippen LogP contribution in [-0.2, 0) is 9.53 Å². The van der Waals surface area contributed by atoms with Crippen LogP contribution in [-0.4, -0.2) is 35.9 Å². The van der Waals surface area contributed by atoms with Crippen LogP contribution in [0, 0.1) is 0 Å². The number of primary amides is 1. The molecule has 0 fully saturated rings. The molecule has 26 heavy (non-hydrogen) atoms. The van der Waals surface area contributed by atoms with Crippen molar-refractivity contribution >= 4 is 28.6 Å². The summed E-state index contributed by atoms with van der Waals surface area (Å²) >= 11 is 0. The maximum atomic E-state index is 12.3. The molecular formula is C19H16N2O5. The predicted octanol–water partition coefficient (Wildman–Crippen LogP) is 2.07. The van der Waals surface area contributed by atoms with E-state index in [4.69, 9.17) is 15.2 Å². The lowest BCUT2D eigenvalue weighted by molar-refractivity contribution is -0.119. The Hall–Kier alpha value is -3.61. The molecule has 0 spiro atoms. The van der Waals surface area contributed by atoms with Crippen LogP contribution in [0.25, 0.3) is 10.9 Å². The average molecular weight is 352 g/mol. The monoisotopic (exact) mass is 352 g/mol. The summed E-state index contributed by atoms with van der Waals surface area (Å²) in [6.07, 6.45) is 1.60. The minimum Gasteiger partial charge on any atom is -0.484 e. The lowest BCUT2D eigenvalue weighted by atomic mass is 10.1. The molecule has 2 aromatic carbocycles. The number of para-hydroxylation sites is 1. The van der Waals surface area contributed by atoms with Gasteiger partial charge in [0, 0.05) is 22.7 Å². The second-order valence-electron chi connectivity index (χ2n) is 5.53. The Morgan fingerprint density at radius 2 is 1.69 bits per heavy atom. The maximum Gasteiger partial charge on any atom is 0.338 e. The zero-order valence-electron chi connectivity index (χ0n) is 13.7. The molecule has 0 aliphatic rings. The number of nitrogens with one attached hydrogen (secondary N) is 1. The molecule has 0 aliphatic carbocycles. The number of H-pyrrole nitrogens is 1. The summed E-state index contributed by atoms with van der Waals surface area (Å²) < 4.78 is 10.2. The number of carbonyl (C=O) groups excluding carboxylic acids is 3. The zero-order valence-corrected chi connectivity index (χ0v) is 13.7. The van der Waals surface area contributed by atoms with Crippen molar-refractivity contribution in [1.29, 1.82) is 0 Å². The van der Waals surface area contributed by atoms with Gasteiger partial charge in [-0.2, -0.15) is 0 Å². The standard InChI is InChI=1S/C19H16N2O5/c20-18(23)11-25-13-7-5-12(6-8-13)19(24)26-10-17(22)15-9-21-16-4-2-1-3-14(15)16/h1-9,21H,10-11H2,(H2,20,23). The van der Waals surface area contributed by atoms with Crippen LogP contribution in [0.2, 0.25) is 0 Å². The zero-order chi connectivity index (χ0) is 18.5. The van der Waals surface area contributed by atoms with Gasteiger partial charge in [0.15, 0.2) is 13.2 Å². The fourth-order valence-corrected chi connectivity index (χ4v) is 2.44. The van der Waals surface area contributed by atoms with E-state index in [9.17, 15) is 14.4 Å². The van der Waals surface area contributed by atoms with Gasteiger partial charge >= 0.3 is 5.97 Å². The van der Waals surface area contributed by atoms with Crippen molar-refractivity contribution in [3.63, 3.8) is 0 Å². The van der Waals surface area contributed by atoms with E-state index in [-0.39, 0.29) is 24.6 Å². The fourth-order valence-electron chi connectivity index (χ4n) is 2.44. The Labute approximate surface area is 148 Å². The minimum absolute atomic E-state index is 0.247. The van der Waals surface area contributed by atoms with Crippen LogP contribution in [0.15, 0.2) is 54.7 Å². The Balaban J connectivity index is 1.59. The molecule has 3 aromatic rings. The summed E-state index contributed by atoms with van der Waals surface area (Å²) in [7, 11) is 0. The van der Waals surface area contributed by atoms with Crippen molar-refractivity contribution in [2.45, 2.75) is 0 Å². The molecule has 1 aromatic heterocycles. The molecule has 0 saturated carbocycles. The van der Waals surface area contributed by atoms with Crippen LogP contribution < -0.4 is 10.5 Å². The van der Waals surface area contributed by atoms with Gasteiger partial charge in [0.1, 0.15) is 5.75 Å². The van der Waals surface area contributed by atoms with Crippen molar-refractivity contribution in [2.75, 3.05) is 13.2 Å². The maximum absolute atomic E-state index is 12.3. The van der Waals surface area contributed by atoms with E-state index < -0.39 is 11.9 Å². The number of rotatable bonds is 7. The number of amides is 1.